The van der Waals surface area contributed by atoms with Gasteiger partial charge in [-0.25, -0.2) is 4.39 Å². The van der Waals surface area contributed by atoms with Crippen LogP contribution in [0.15, 0.2) is 12.1 Å². The summed E-state index contributed by atoms with van der Waals surface area (Å²) in [5, 5.41) is 8.54. The maximum Gasteiger partial charge on any atom is 0.163 e. The van der Waals surface area contributed by atoms with E-state index in [9.17, 15) is 9.18 Å². The van der Waals surface area contributed by atoms with Gasteiger partial charge in [-0.15, -0.1) is 0 Å². The van der Waals surface area contributed by atoms with Crippen molar-refractivity contribution in [2.75, 3.05) is 7.11 Å². The van der Waals surface area contributed by atoms with Gasteiger partial charge in [0.15, 0.2) is 5.78 Å². The zero-order valence-electron chi connectivity index (χ0n) is 7.80. The quantitative estimate of drug-likeness (QED) is 0.674. The fourth-order valence-corrected chi connectivity index (χ4v) is 1.08. The van der Waals surface area contributed by atoms with Gasteiger partial charge in [0, 0.05) is 6.07 Å². The minimum absolute atomic E-state index is 0.133. The van der Waals surface area contributed by atoms with Crippen LogP contribution in [0.2, 0.25) is 0 Å². The summed E-state index contributed by atoms with van der Waals surface area (Å²) < 4.78 is 18.0. The number of ketones is 1. The summed E-state index contributed by atoms with van der Waals surface area (Å²) in [4.78, 5) is 11.0. The molecule has 0 aliphatic rings. The molecular weight excluding hydrogens is 185 g/mol. The normalized spacial score (nSPS) is 9.29. The van der Waals surface area contributed by atoms with Crippen LogP contribution in [0.1, 0.15) is 22.8 Å². The maximum absolute atomic E-state index is 13.1. The number of carbonyl (C=O) groups is 1. The van der Waals surface area contributed by atoms with Crippen molar-refractivity contribution in [3.8, 4) is 11.8 Å². The molecule has 0 aliphatic heterocycles. The molecule has 1 rings (SSSR count). The molecule has 0 bridgehead atoms. The third-order valence-electron chi connectivity index (χ3n) is 1.79. The van der Waals surface area contributed by atoms with E-state index in [1.165, 1.54) is 20.1 Å². The molecule has 3 nitrogen and oxygen atoms in total. The van der Waals surface area contributed by atoms with Gasteiger partial charge in [0.2, 0.25) is 0 Å². The van der Waals surface area contributed by atoms with Crippen LogP contribution in [-0.2, 0) is 0 Å². The molecule has 1 aromatic carbocycles. The molecule has 0 aromatic heterocycles. The highest BCUT2D eigenvalue weighted by molar-refractivity contribution is 5.97. The summed E-state index contributed by atoms with van der Waals surface area (Å²) in [6, 6.07) is 3.90. The van der Waals surface area contributed by atoms with Gasteiger partial charge in [-0.3, -0.25) is 4.79 Å². The van der Waals surface area contributed by atoms with Gasteiger partial charge in [-0.05, 0) is 13.0 Å². The third-order valence-corrected chi connectivity index (χ3v) is 1.79. The number of ether oxygens (including phenoxy) is 1. The molecular formula is C10H8FNO2. The Morgan fingerprint density at radius 3 is 2.64 bits per heavy atom. The van der Waals surface area contributed by atoms with E-state index in [-0.39, 0.29) is 22.7 Å². The van der Waals surface area contributed by atoms with Crippen LogP contribution in [0.3, 0.4) is 0 Å². The molecule has 0 heterocycles. The number of hydrogen-bond acceptors (Lipinski definition) is 3. The number of nitrogens with zero attached hydrogens (tertiary/aromatic N) is 1. The molecule has 0 fully saturated rings. The smallest absolute Gasteiger partial charge is 0.163 e. The van der Waals surface area contributed by atoms with Crippen LogP contribution in [-0.4, -0.2) is 12.9 Å². The zero-order chi connectivity index (χ0) is 10.7. The maximum atomic E-state index is 13.1. The molecule has 0 amide bonds. The topological polar surface area (TPSA) is 50.1 Å². The van der Waals surface area contributed by atoms with E-state index < -0.39 is 5.82 Å². The highest BCUT2D eigenvalue weighted by Gasteiger charge is 2.13. The molecule has 0 unspecified atom stereocenters. The minimum Gasteiger partial charge on any atom is -0.496 e. The van der Waals surface area contributed by atoms with Gasteiger partial charge in [-0.2, -0.15) is 5.26 Å². The number of nitriles is 1. The zero-order valence-corrected chi connectivity index (χ0v) is 7.80. The molecule has 0 atom stereocenters. The second kappa shape index (κ2) is 3.88. The van der Waals surface area contributed by atoms with E-state index in [0.717, 1.165) is 6.07 Å². The van der Waals surface area contributed by atoms with Crippen molar-refractivity contribution in [3.63, 3.8) is 0 Å². The summed E-state index contributed by atoms with van der Waals surface area (Å²) >= 11 is 0. The lowest BCUT2D eigenvalue weighted by Crippen LogP contribution is -2.00. The highest BCUT2D eigenvalue weighted by Crippen LogP contribution is 2.22. The van der Waals surface area contributed by atoms with E-state index in [2.05, 4.69) is 0 Å². The van der Waals surface area contributed by atoms with Gasteiger partial charge < -0.3 is 4.74 Å². The number of hydrogen-bond donors (Lipinski definition) is 0. The van der Waals surface area contributed by atoms with Crippen LogP contribution >= 0.6 is 0 Å². The number of rotatable bonds is 2. The van der Waals surface area contributed by atoms with Gasteiger partial charge >= 0.3 is 0 Å². The average Bonchev–Trinajstić information content (AvgIpc) is 2.17. The van der Waals surface area contributed by atoms with E-state index in [1.54, 1.807) is 6.07 Å². The van der Waals surface area contributed by atoms with Crippen LogP contribution in [0.5, 0.6) is 5.75 Å². The Hall–Kier alpha value is -1.89. The third kappa shape index (κ3) is 1.72. The van der Waals surface area contributed by atoms with Crippen molar-refractivity contribution in [3.05, 3.63) is 29.1 Å². The van der Waals surface area contributed by atoms with E-state index in [0.29, 0.717) is 0 Å². The molecule has 72 valence electrons. The number of halogens is 1. The minimum atomic E-state index is -0.710. The van der Waals surface area contributed by atoms with Gasteiger partial charge in [0.05, 0.1) is 18.2 Å². The Labute approximate surface area is 80.7 Å². The lowest BCUT2D eigenvalue weighted by molar-refractivity contribution is 0.101. The first kappa shape index (κ1) is 10.2. The second-order valence-corrected chi connectivity index (χ2v) is 2.70. The van der Waals surface area contributed by atoms with E-state index in [1.807, 2.05) is 0 Å². The molecule has 4 heteroatoms. The molecule has 0 aliphatic carbocycles. The summed E-state index contributed by atoms with van der Waals surface area (Å²) in [6.45, 7) is 1.31. The monoisotopic (exact) mass is 193 g/mol. The fourth-order valence-electron chi connectivity index (χ4n) is 1.08. The summed E-state index contributed by atoms with van der Waals surface area (Å²) in [5.41, 5.74) is 0.0100. The standard InChI is InChI=1S/C10H8FNO2/c1-6(13)8-4-9(11)7(5-12)3-10(8)14-2/h3-4H,1-2H3. The van der Waals surface area contributed by atoms with E-state index >= 15 is 0 Å². The summed E-state index contributed by atoms with van der Waals surface area (Å²) in [5.74, 6) is -0.792. The number of carbonyl (C=O) groups excluding carboxylic acids is 1. The van der Waals surface area contributed by atoms with Crippen molar-refractivity contribution < 1.29 is 13.9 Å². The predicted molar refractivity (Wildman–Crippen MR) is 47.7 cm³/mol. The molecule has 0 radical (unpaired) electrons. The Bertz CT molecular complexity index is 421. The molecule has 0 N–H and O–H groups in total. The number of benzene rings is 1. The second-order valence-electron chi connectivity index (χ2n) is 2.70. The van der Waals surface area contributed by atoms with E-state index in [4.69, 9.17) is 10.00 Å². The summed E-state index contributed by atoms with van der Waals surface area (Å²) in [7, 11) is 1.36. The Morgan fingerprint density at radius 1 is 1.57 bits per heavy atom. The Kier molecular flexibility index (Phi) is 2.82. The Balaban J connectivity index is 3.41. The first-order valence-corrected chi connectivity index (χ1v) is 3.88. The summed E-state index contributed by atoms with van der Waals surface area (Å²) in [6.07, 6.45) is 0. The molecule has 14 heavy (non-hydrogen) atoms. The van der Waals surface area contributed by atoms with Crippen LogP contribution in [0, 0.1) is 17.1 Å². The predicted octanol–water partition coefficient (Wildman–Crippen LogP) is 1.91. The van der Waals surface area contributed by atoms with Crippen molar-refractivity contribution in [1.82, 2.24) is 0 Å². The largest absolute Gasteiger partial charge is 0.496 e. The molecule has 1 aromatic rings. The lowest BCUT2D eigenvalue weighted by Gasteiger charge is -2.06. The van der Waals surface area contributed by atoms with Crippen LogP contribution < -0.4 is 4.74 Å². The lowest BCUT2D eigenvalue weighted by atomic mass is 10.1. The molecule has 0 saturated carbocycles. The van der Waals surface area contributed by atoms with Crippen molar-refractivity contribution in [2.45, 2.75) is 6.92 Å². The fraction of sp³-hybridized carbons (Fsp3) is 0.200. The average molecular weight is 193 g/mol. The molecule has 0 spiro atoms. The van der Waals surface area contributed by atoms with Crippen molar-refractivity contribution in [2.24, 2.45) is 0 Å². The first-order chi connectivity index (χ1) is 6.60. The van der Waals surface area contributed by atoms with Crippen LogP contribution in [0.4, 0.5) is 4.39 Å². The highest BCUT2D eigenvalue weighted by atomic mass is 19.1. The molecule has 0 saturated heterocycles. The Morgan fingerprint density at radius 2 is 2.21 bits per heavy atom. The van der Waals surface area contributed by atoms with Gasteiger partial charge in [-0.1, -0.05) is 0 Å². The van der Waals surface area contributed by atoms with Gasteiger partial charge in [0.25, 0.3) is 0 Å². The van der Waals surface area contributed by atoms with Crippen molar-refractivity contribution >= 4 is 5.78 Å². The number of Topliss-reactive ketones (excluding diaryl/α,β-unsaturated/α-hetero) is 1. The van der Waals surface area contributed by atoms with Crippen LogP contribution in [0.25, 0.3) is 0 Å². The SMILES string of the molecule is COc1cc(C#N)c(F)cc1C(C)=O. The first-order valence-electron chi connectivity index (χ1n) is 3.88. The van der Waals surface area contributed by atoms with Crippen molar-refractivity contribution in [1.29, 1.82) is 5.26 Å². The number of methoxy groups -OCH3 is 1. The van der Waals surface area contributed by atoms with Gasteiger partial charge in [0.1, 0.15) is 17.6 Å².